The van der Waals surface area contributed by atoms with Gasteiger partial charge in [0.25, 0.3) is 0 Å². The lowest BCUT2D eigenvalue weighted by Gasteiger charge is -2.08. The second kappa shape index (κ2) is 6.71. The lowest BCUT2D eigenvalue weighted by atomic mass is 10.0. The number of nitrogens with zero attached hydrogens (tertiary/aromatic N) is 1. The first-order chi connectivity index (χ1) is 8.34. The summed E-state index contributed by atoms with van der Waals surface area (Å²) < 4.78 is 0. The van der Waals surface area contributed by atoms with Crippen molar-refractivity contribution in [3.63, 3.8) is 0 Å². The maximum atomic E-state index is 11.6. The summed E-state index contributed by atoms with van der Waals surface area (Å²) in [6.45, 7) is 2.88. The molecule has 0 saturated carbocycles. The molecular formula is C12H19N3OS. The van der Waals surface area contributed by atoms with Gasteiger partial charge in [0.1, 0.15) is 0 Å². The van der Waals surface area contributed by atoms with E-state index in [2.05, 4.69) is 15.6 Å². The molecule has 1 aromatic rings. The van der Waals surface area contributed by atoms with Gasteiger partial charge in [-0.2, -0.15) is 0 Å². The number of carbonyl (C=O) groups excluding carboxylic acids is 1. The molecular weight excluding hydrogens is 234 g/mol. The highest BCUT2D eigenvalue weighted by Crippen LogP contribution is 2.13. The third-order valence-corrected chi connectivity index (χ3v) is 3.76. The van der Waals surface area contributed by atoms with Crippen LogP contribution in [-0.2, 0) is 11.2 Å². The molecule has 5 heteroatoms. The SMILES string of the molecule is O=C(CCC1CCNC1)NCCc1cscn1. The van der Waals surface area contributed by atoms with Crippen LogP contribution in [-0.4, -0.2) is 30.5 Å². The molecule has 1 atom stereocenters. The average molecular weight is 253 g/mol. The van der Waals surface area contributed by atoms with E-state index in [0.717, 1.165) is 31.6 Å². The van der Waals surface area contributed by atoms with Gasteiger partial charge in [-0.05, 0) is 31.8 Å². The molecule has 1 aliphatic heterocycles. The fourth-order valence-electron chi connectivity index (χ4n) is 2.08. The Morgan fingerprint density at radius 2 is 2.59 bits per heavy atom. The van der Waals surface area contributed by atoms with E-state index in [1.54, 1.807) is 11.3 Å². The number of carbonyl (C=O) groups is 1. The first-order valence-electron chi connectivity index (χ1n) is 6.19. The van der Waals surface area contributed by atoms with E-state index in [0.29, 0.717) is 18.9 Å². The molecule has 94 valence electrons. The van der Waals surface area contributed by atoms with Crippen LogP contribution in [0.4, 0.5) is 0 Å². The van der Waals surface area contributed by atoms with Crippen molar-refractivity contribution in [1.82, 2.24) is 15.6 Å². The van der Waals surface area contributed by atoms with Crippen LogP contribution in [0.15, 0.2) is 10.9 Å². The zero-order valence-corrected chi connectivity index (χ0v) is 10.8. The number of thiazole rings is 1. The first-order valence-corrected chi connectivity index (χ1v) is 7.13. The van der Waals surface area contributed by atoms with Crippen LogP contribution in [0.2, 0.25) is 0 Å². The maximum Gasteiger partial charge on any atom is 0.220 e. The minimum Gasteiger partial charge on any atom is -0.356 e. The summed E-state index contributed by atoms with van der Waals surface area (Å²) >= 11 is 1.59. The highest BCUT2D eigenvalue weighted by atomic mass is 32.1. The molecule has 2 rings (SSSR count). The smallest absolute Gasteiger partial charge is 0.220 e. The molecule has 0 aromatic carbocycles. The number of rotatable bonds is 6. The Labute approximate surface area is 106 Å². The molecule has 0 aliphatic carbocycles. The zero-order chi connectivity index (χ0) is 11.9. The molecule has 0 bridgehead atoms. The molecule has 1 amide bonds. The van der Waals surface area contributed by atoms with Crippen LogP contribution in [0.3, 0.4) is 0 Å². The van der Waals surface area contributed by atoms with E-state index >= 15 is 0 Å². The van der Waals surface area contributed by atoms with Crippen molar-refractivity contribution < 1.29 is 4.79 Å². The molecule has 2 heterocycles. The monoisotopic (exact) mass is 253 g/mol. The van der Waals surface area contributed by atoms with Crippen molar-refractivity contribution in [2.45, 2.75) is 25.7 Å². The van der Waals surface area contributed by atoms with Gasteiger partial charge in [0.05, 0.1) is 11.2 Å². The van der Waals surface area contributed by atoms with Gasteiger partial charge in [0, 0.05) is 24.8 Å². The minimum absolute atomic E-state index is 0.173. The Kier molecular flexibility index (Phi) is 4.94. The summed E-state index contributed by atoms with van der Waals surface area (Å²) in [6.07, 6.45) is 3.71. The summed E-state index contributed by atoms with van der Waals surface area (Å²) in [6, 6.07) is 0. The second-order valence-electron chi connectivity index (χ2n) is 4.48. The van der Waals surface area contributed by atoms with Crippen molar-refractivity contribution in [2.24, 2.45) is 5.92 Å². The molecule has 17 heavy (non-hydrogen) atoms. The van der Waals surface area contributed by atoms with E-state index in [1.165, 1.54) is 6.42 Å². The number of aromatic nitrogens is 1. The Bertz CT molecular complexity index is 334. The fraction of sp³-hybridized carbons (Fsp3) is 0.667. The summed E-state index contributed by atoms with van der Waals surface area (Å²) in [7, 11) is 0. The lowest BCUT2D eigenvalue weighted by Crippen LogP contribution is -2.26. The maximum absolute atomic E-state index is 11.6. The van der Waals surface area contributed by atoms with Crippen molar-refractivity contribution >= 4 is 17.2 Å². The highest BCUT2D eigenvalue weighted by molar-refractivity contribution is 7.07. The van der Waals surface area contributed by atoms with Crippen LogP contribution in [0.5, 0.6) is 0 Å². The normalized spacial score (nSPS) is 19.4. The second-order valence-corrected chi connectivity index (χ2v) is 5.20. The number of hydrogen-bond donors (Lipinski definition) is 2. The summed E-state index contributed by atoms with van der Waals surface area (Å²) in [5, 5.41) is 8.29. The number of nitrogens with one attached hydrogen (secondary N) is 2. The minimum atomic E-state index is 0.173. The predicted molar refractivity (Wildman–Crippen MR) is 69.0 cm³/mol. The third-order valence-electron chi connectivity index (χ3n) is 3.13. The number of amides is 1. The van der Waals surface area contributed by atoms with Crippen LogP contribution < -0.4 is 10.6 Å². The van der Waals surface area contributed by atoms with E-state index in [1.807, 2.05) is 10.9 Å². The summed E-state index contributed by atoms with van der Waals surface area (Å²) in [5.41, 5.74) is 2.89. The molecule has 1 unspecified atom stereocenters. The molecule has 1 aromatic heterocycles. The molecule has 1 aliphatic rings. The largest absolute Gasteiger partial charge is 0.356 e. The topological polar surface area (TPSA) is 54.0 Å². The van der Waals surface area contributed by atoms with Gasteiger partial charge in [0.2, 0.25) is 5.91 Å². The summed E-state index contributed by atoms with van der Waals surface area (Å²) in [4.78, 5) is 15.8. The van der Waals surface area contributed by atoms with Gasteiger partial charge in [-0.25, -0.2) is 4.98 Å². The predicted octanol–water partition coefficient (Wildman–Crippen LogP) is 1.19. The molecule has 1 fully saturated rings. The first kappa shape index (κ1) is 12.5. The fourth-order valence-corrected chi connectivity index (χ4v) is 2.67. The van der Waals surface area contributed by atoms with E-state index in [-0.39, 0.29) is 5.91 Å². The molecule has 0 spiro atoms. The average Bonchev–Trinajstić information content (AvgIpc) is 2.99. The lowest BCUT2D eigenvalue weighted by molar-refractivity contribution is -0.121. The molecule has 2 N–H and O–H groups in total. The van der Waals surface area contributed by atoms with Gasteiger partial charge < -0.3 is 10.6 Å². The van der Waals surface area contributed by atoms with Gasteiger partial charge in [0.15, 0.2) is 0 Å². The van der Waals surface area contributed by atoms with Gasteiger partial charge in [-0.1, -0.05) is 0 Å². The van der Waals surface area contributed by atoms with Crippen LogP contribution >= 0.6 is 11.3 Å². The zero-order valence-electron chi connectivity index (χ0n) is 9.95. The Morgan fingerprint density at radius 1 is 1.65 bits per heavy atom. The Balaban J connectivity index is 1.54. The quantitative estimate of drug-likeness (QED) is 0.801. The molecule has 4 nitrogen and oxygen atoms in total. The van der Waals surface area contributed by atoms with Crippen molar-refractivity contribution in [1.29, 1.82) is 0 Å². The molecule has 0 radical (unpaired) electrons. The standard InChI is InChI=1S/C12H19N3OS/c16-12(2-1-10-3-5-13-7-10)14-6-4-11-8-17-9-15-11/h8-10,13H,1-7H2,(H,14,16). The van der Waals surface area contributed by atoms with Crippen LogP contribution in [0.25, 0.3) is 0 Å². The van der Waals surface area contributed by atoms with Crippen molar-refractivity contribution in [3.8, 4) is 0 Å². The third kappa shape index (κ3) is 4.44. The van der Waals surface area contributed by atoms with Gasteiger partial charge >= 0.3 is 0 Å². The Hall–Kier alpha value is -0.940. The number of hydrogen-bond acceptors (Lipinski definition) is 4. The Morgan fingerprint density at radius 3 is 3.29 bits per heavy atom. The van der Waals surface area contributed by atoms with E-state index in [9.17, 15) is 4.79 Å². The molecule has 1 saturated heterocycles. The van der Waals surface area contributed by atoms with Crippen molar-refractivity contribution in [3.05, 3.63) is 16.6 Å². The highest BCUT2D eigenvalue weighted by Gasteiger charge is 2.15. The summed E-state index contributed by atoms with van der Waals surface area (Å²) in [5.74, 6) is 0.867. The van der Waals surface area contributed by atoms with Crippen molar-refractivity contribution in [2.75, 3.05) is 19.6 Å². The van der Waals surface area contributed by atoms with Crippen LogP contribution in [0.1, 0.15) is 25.0 Å². The van der Waals surface area contributed by atoms with Gasteiger partial charge in [-0.15, -0.1) is 11.3 Å². The van der Waals surface area contributed by atoms with E-state index < -0.39 is 0 Å². The van der Waals surface area contributed by atoms with Crippen LogP contribution in [0, 0.1) is 5.92 Å². The van der Waals surface area contributed by atoms with Gasteiger partial charge in [-0.3, -0.25) is 4.79 Å². The van der Waals surface area contributed by atoms with E-state index in [4.69, 9.17) is 0 Å².